The zero-order valence-electron chi connectivity index (χ0n) is 15.9. The molecule has 0 atom stereocenters. The van der Waals surface area contributed by atoms with Crippen LogP contribution in [0.3, 0.4) is 0 Å². The van der Waals surface area contributed by atoms with E-state index in [1.807, 2.05) is 17.5 Å². The van der Waals surface area contributed by atoms with Crippen LogP contribution in [0.1, 0.15) is 21.6 Å². The van der Waals surface area contributed by atoms with Crippen molar-refractivity contribution in [1.82, 2.24) is 14.8 Å². The number of thiazole rings is 1. The number of carbonyl (C=O) groups is 1. The molecule has 0 saturated heterocycles. The topological polar surface area (TPSA) is 59.8 Å². The molecule has 4 aromatic rings. The average Bonchev–Trinajstić information content (AvgIpc) is 3.34. The summed E-state index contributed by atoms with van der Waals surface area (Å²) in [5.74, 6) is -0.376. The summed E-state index contributed by atoms with van der Waals surface area (Å²) < 4.78 is 40.3. The molecule has 0 radical (unpaired) electrons. The Balaban J connectivity index is 1.61. The number of amides is 1. The maximum Gasteiger partial charge on any atom is 0.416 e. The zero-order valence-corrected chi connectivity index (χ0v) is 17.5. The Hall–Kier alpha value is -3.17. The number of nitrogens with zero attached hydrogens (tertiary/aromatic N) is 3. The molecule has 0 saturated carbocycles. The number of hydrogen-bond donors (Lipinski definition) is 1. The third-order valence-corrected chi connectivity index (χ3v) is 5.41. The molecule has 0 spiro atoms. The molecule has 5 nitrogen and oxygen atoms in total. The van der Waals surface area contributed by atoms with Crippen molar-refractivity contribution in [1.29, 1.82) is 0 Å². The second kappa shape index (κ2) is 8.16. The van der Waals surface area contributed by atoms with E-state index in [1.165, 1.54) is 28.2 Å². The van der Waals surface area contributed by atoms with Crippen LogP contribution in [0.2, 0.25) is 5.02 Å². The van der Waals surface area contributed by atoms with Crippen molar-refractivity contribution in [3.05, 3.63) is 81.8 Å². The molecule has 31 heavy (non-hydrogen) atoms. The molecule has 0 unspecified atom stereocenters. The normalized spacial score (nSPS) is 11.5. The van der Waals surface area contributed by atoms with E-state index in [0.29, 0.717) is 27.4 Å². The number of halogens is 4. The van der Waals surface area contributed by atoms with Gasteiger partial charge in [-0.15, -0.1) is 11.3 Å². The first-order chi connectivity index (χ1) is 14.7. The average molecular weight is 463 g/mol. The number of rotatable bonds is 4. The Morgan fingerprint density at radius 3 is 2.58 bits per heavy atom. The van der Waals surface area contributed by atoms with Gasteiger partial charge in [0.1, 0.15) is 5.82 Å². The van der Waals surface area contributed by atoms with Crippen LogP contribution in [-0.2, 0) is 6.18 Å². The van der Waals surface area contributed by atoms with Crippen molar-refractivity contribution < 1.29 is 18.0 Å². The highest BCUT2D eigenvalue weighted by Gasteiger charge is 2.31. The van der Waals surface area contributed by atoms with E-state index < -0.39 is 17.6 Å². The van der Waals surface area contributed by atoms with Crippen LogP contribution in [0, 0.1) is 6.92 Å². The fourth-order valence-corrected chi connectivity index (χ4v) is 3.80. The zero-order chi connectivity index (χ0) is 22.2. The number of aryl methyl sites for hydroxylation is 1. The predicted octanol–water partition coefficient (Wildman–Crippen LogP) is 6.23. The quantitative estimate of drug-likeness (QED) is 0.391. The molecule has 0 aliphatic rings. The molecule has 158 valence electrons. The SMILES string of the molecule is Cc1cc(NC(=O)c2cccc(C(F)(F)F)c2)n(-c2nc(-c3ccc(Cl)cc3)cs2)n1. The van der Waals surface area contributed by atoms with Gasteiger partial charge in [-0.2, -0.15) is 23.0 Å². The van der Waals surface area contributed by atoms with Gasteiger partial charge in [0.15, 0.2) is 0 Å². The predicted molar refractivity (Wildman–Crippen MR) is 114 cm³/mol. The van der Waals surface area contributed by atoms with Crippen LogP contribution in [0.5, 0.6) is 0 Å². The molecule has 0 fully saturated rings. The number of benzene rings is 2. The molecule has 0 aliphatic heterocycles. The van der Waals surface area contributed by atoms with Gasteiger partial charge in [0, 0.05) is 27.6 Å². The fourth-order valence-electron chi connectivity index (χ4n) is 2.87. The standard InChI is InChI=1S/C21H14ClF3N4OS/c1-12-9-18(27-19(30)14-3-2-4-15(10-14)21(23,24)25)29(28-12)20-26-17(11-31-20)13-5-7-16(22)8-6-13/h2-11H,1H3,(H,27,30). The lowest BCUT2D eigenvalue weighted by Gasteiger charge is -2.09. The smallest absolute Gasteiger partial charge is 0.306 e. The summed E-state index contributed by atoms with van der Waals surface area (Å²) in [4.78, 5) is 17.2. The van der Waals surface area contributed by atoms with Crippen molar-refractivity contribution in [2.45, 2.75) is 13.1 Å². The lowest BCUT2D eigenvalue weighted by molar-refractivity contribution is -0.137. The maximum absolute atomic E-state index is 13.0. The highest BCUT2D eigenvalue weighted by atomic mass is 35.5. The minimum atomic E-state index is -4.53. The lowest BCUT2D eigenvalue weighted by Crippen LogP contribution is -2.16. The Kier molecular flexibility index (Phi) is 5.55. The summed E-state index contributed by atoms with van der Waals surface area (Å²) in [5.41, 5.74) is 1.19. The van der Waals surface area contributed by atoms with Gasteiger partial charge in [-0.1, -0.05) is 29.8 Å². The summed E-state index contributed by atoms with van der Waals surface area (Å²) in [6.45, 7) is 1.74. The largest absolute Gasteiger partial charge is 0.416 e. The van der Waals surface area contributed by atoms with Crippen LogP contribution in [0.15, 0.2) is 60.0 Å². The minimum Gasteiger partial charge on any atom is -0.306 e. The molecule has 0 aliphatic carbocycles. The highest BCUT2D eigenvalue weighted by molar-refractivity contribution is 7.12. The number of anilines is 1. The van der Waals surface area contributed by atoms with Crippen molar-refractivity contribution in [2.24, 2.45) is 0 Å². The first-order valence-electron chi connectivity index (χ1n) is 8.98. The fraction of sp³-hybridized carbons (Fsp3) is 0.0952. The minimum absolute atomic E-state index is 0.110. The van der Waals surface area contributed by atoms with E-state index in [1.54, 1.807) is 25.1 Å². The third-order valence-electron chi connectivity index (χ3n) is 4.34. The first-order valence-corrected chi connectivity index (χ1v) is 10.2. The van der Waals surface area contributed by atoms with Gasteiger partial charge < -0.3 is 5.32 Å². The monoisotopic (exact) mass is 462 g/mol. The Morgan fingerprint density at radius 2 is 1.87 bits per heavy atom. The van der Waals surface area contributed by atoms with Gasteiger partial charge in [-0.05, 0) is 37.3 Å². The second-order valence-corrected chi connectivity index (χ2v) is 7.91. The molecular weight excluding hydrogens is 449 g/mol. The molecule has 2 aromatic carbocycles. The van der Waals surface area contributed by atoms with Crippen molar-refractivity contribution in [2.75, 3.05) is 5.32 Å². The Morgan fingerprint density at radius 1 is 1.13 bits per heavy atom. The van der Waals surface area contributed by atoms with Crippen LogP contribution < -0.4 is 5.32 Å². The number of aromatic nitrogens is 3. The summed E-state index contributed by atoms with van der Waals surface area (Å²) in [6.07, 6.45) is -4.53. The molecule has 2 heterocycles. The molecule has 0 bridgehead atoms. The number of hydrogen-bond acceptors (Lipinski definition) is 4. The first kappa shape index (κ1) is 21.1. The molecule has 1 amide bonds. The van der Waals surface area contributed by atoms with Crippen LogP contribution in [0.25, 0.3) is 16.4 Å². The van der Waals surface area contributed by atoms with Crippen LogP contribution in [0.4, 0.5) is 19.0 Å². The second-order valence-electron chi connectivity index (χ2n) is 6.64. The Labute approximate surface area is 184 Å². The van der Waals surface area contributed by atoms with E-state index in [0.717, 1.165) is 17.7 Å². The van der Waals surface area contributed by atoms with Crippen molar-refractivity contribution in [3.8, 4) is 16.4 Å². The van der Waals surface area contributed by atoms with Gasteiger partial charge in [0.05, 0.1) is 17.0 Å². The van der Waals surface area contributed by atoms with Crippen molar-refractivity contribution >= 4 is 34.7 Å². The number of carbonyl (C=O) groups excluding carboxylic acids is 1. The Bertz CT molecular complexity index is 1250. The summed E-state index contributed by atoms with van der Waals surface area (Å²) in [7, 11) is 0. The van der Waals surface area contributed by atoms with Gasteiger partial charge >= 0.3 is 6.18 Å². The van der Waals surface area contributed by atoms with Crippen molar-refractivity contribution in [3.63, 3.8) is 0 Å². The van der Waals surface area contributed by atoms with E-state index >= 15 is 0 Å². The van der Waals surface area contributed by atoms with Gasteiger partial charge in [0.2, 0.25) is 5.13 Å². The number of nitrogens with one attached hydrogen (secondary N) is 1. The molecular formula is C21H14ClF3N4OS. The lowest BCUT2D eigenvalue weighted by atomic mass is 10.1. The molecule has 4 rings (SSSR count). The van der Waals surface area contributed by atoms with Gasteiger partial charge in [-0.3, -0.25) is 4.79 Å². The third kappa shape index (κ3) is 4.62. The summed E-state index contributed by atoms with van der Waals surface area (Å²) in [6, 6.07) is 13.1. The molecule has 1 N–H and O–H groups in total. The van der Waals surface area contributed by atoms with Gasteiger partial charge in [-0.25, -0.2) is 4.98 Å². The van der Waals surface area contributed by atoms with Crippen LogP contribution in [-0.4, -0.2) is 20.7 Å². The van der Waals surface area contributed by atoms with Crippen LogP contribution >= 0.6 is 22.9 Å². The molecule has 10 heteroatoms. The van der Waals surface area contributed by atoms with E-state index in [-0.39, 0.29) is 5.56 Å². The highest BCUT2D eigenvalue weighted by Crippen LogP contribution is 2.30. The number of alkyl halides is 3. The van der Waals surface area contributed by atoms with E-state index in [2.05, 4.69) is 15.4 Å². The van der Waals surface area contributed by atoms with E-state index in [9.17, 15) is 18.0 Å². The summed E-state index contributed by atoms with van der Waals surface area (Å²) in [5, 5.41) is 9.93. The van der Waals surface area contributed by atoms with Gasteiger partial charge in [0.25, 0.3) is 5.91 Å². The maximum atomic E-state index is 13.0. The van der Waals surface area contributed by atoms with E-state index in [4.69, 9.17) is 11.6 Å². The summed E-state index contributed by atoms with van der Waals surface area (Å²) >= 11 is 7.24. The molecule has 2 aromatic heterocycles.